The van der Waals surface area contributed by atoms with Crippen LogP contribution < -0.4 is 11.1 Å². The number of carbonyl (C=O) groups is 1. The Morgan fingerprint density at radius 1 is 1.80 bits per heavy atom. The Kier molecular flexibility index (Phi) is 1.94. The lowest BCUT2D eigenvalue weighted by molar-refractivity contribution is 0.250. The molecule has 0 fully saturated rings. The number of primary amides is 1. The second-order valence-corrected chi connectivity index (χ2v) is 1.78. The molecule has 0 aromatic carbocycles. The fraction of sp³-hybridized carbons (Fsp3) is 0.167. The van der Waals surface area contributed by atoms with Crippen molar-refractivity contribution in [3.63, 3.8) is 0 Å². The lowest BCUT2D eigenvalue weighted by Gasteiger charge is -2.06. The van der Waals surface area contributed by atoms with Crippen LogP contribution in [0.15, 0.2) is 24.1 Å². The van der Waals surface area contributed by atoms with Gasteiger partial charge in [-0.3, -0.25) is 0 Å². The predicted molar refractivity (Wildman–Crippen MR) is 35.9 cm³/mol. The molecule has 0 aromatic heterocycles. The molecular weight excluding hydrogens is 132 g/mol. The highest BCUT2D eigenvalue weighted by atomic mass is 16.5. The molecule has 54 valence electrons. The maximum Gasteiger partial charge on any atom is 0.316 e. The Bertz CT molecular complexity index is 196. The number of nitrogens with two attached hydrogens (primary N) is 1. The molecular formula is C6H8N2O2. The molecule has 0 unspecified atom stereocenters. The molecule has 0 spiro atoms. The highest BCUT2D eigenvalue weighted by Crippen LogP contribution is 1.98. The van der Waals surface area contributed by atoms with E-state index in [1.807, 2.05) is 0 Å². The van der Waals surface area contributed by atoms with Crippen LogP contribution in [0.3, 0.4) is 0 Å². The largest absolute Gasteiger partial charge is 0.497 e. The van der Waals surface area contributed by atoms with Gasteiger partial charge in [0.25, 0.3) is 0 Å². The third-order valence-corrected chi connectivity index (χ3v) is 1.01. The second-order valence-electron chi connectivity index (χ2n) is 1.78. The standard InChI is InChI=1S/C6H8N2O2/c7-6(9)8-5-1-3-10-4-2-5/h1-3H,4H2,(H3,7,8,9). The summed E-state index contributed by atoms with van der Waals surface area (Å²) in [7, 11) is 0. The van der Waals surface area contributed by atoms with Gasteiger partial charge in [0.15, 0.2) is 0 Å². The molecule has 1 rings (SSSR count). The SMILES string of the molecule is NC(=O)NC1=CCOC=C1. The van der Waals surface area contributed by atoms with Gasteiger partial charge in [0.1, 0.15) is 6.61 Å². The van der Waals surface area contributed by atoms with Crippen LogP contribution in [-0.2, 0) is 4.74 Å². The summed E-state index contributed by atoms with van der Waals surface area (Å²) >= 11 is 0. The van der Waals surface area contributed by atoms with Gasteiger partial charge in [0.2, 0.25) is 0 Å². The Hall–Kier alpha value is -1.45. The molecule has 0 aromatic rings. The molecule has 1 heterocycles. The molecule has 1 aliphatic rings. The third-order valence-electron chi connectivity index (χ3n) is 1.01. The van der Waals surface area contributed by atoms with E-state index < -0.39 is 6.03 Å². The first-order valence-electron chi connectivity index (χ1n) is 2.84. The van der Waals surface area contributed by atoms with E-state index in [0.29, 0.717) is 12.3 Å². The van der Waals surface area contributed by atoms with E-state index in [4.69, 9.17) is 10.5 Å². The van der Waals surface area contributed by atoms with Gasteiger partial charge in [0, 0.05) is 5.70 Å². The number of amides is 2. The monoisotopic (exact) mass is 140 g/mol. The summed E-state index contributed by atoms with van der Waals surface area (Å²) in [5.41, 5.74) is 5.54. The average Bonchev–Trinajstić information content (AvgIpc) is 1.88. The summed E-state index contributed by atoms with van der Waals surface area (Å²) < 4.78 is 4.83. The number of carbonyl (C=O) groups excluding carboxylic acids is 1. The second kappa shape index (κ2) is 2.91. The zero-order chi connectivity index (χ0) is 7.40. The van der Waals surface area contributed by atoms with Crippen molar-refractivity contribution in [2.24, 2.45) is 5.73 Å². The molecule has 0 aliphatic carbocycles. The average molecular weight is 140 g/mol. The van der Waals surface area contributed by atoms with Crippen molar-refractivity contribution in [3.05, 3.63) is 24.1 Å². The molecule has 3 N–H and O–H groups in total. The minimum atomic E-state index is -0.558. The summed E-state index contributed by atoms with van der Waals surface area (Å²) in [5, 5.41) is 2.41. The molecule has 4 heteroatoms. The molecule has 1 aliphatic heterocycles. The number of hydrogen-bond acceptors (Lipinski definition) is 2. The minimum Gasteiger partial charge on any atom is -0.497 e. The van der Waals surface area contributed by atoms with Gasteiger partial charge in [-0.2, -0.15) is 0 Å². The fourth-order valence-corrected chi connectivity index (χ4v) is 0.618. The Labute approximate surface area is 58.3 Å². The van der Waals surface area contributed by atoms with Crippen LogP contribution in [0.1, 0.15) is 0 Å². The number of urea groups is 1. The molecule has 10 heavy (non-hydrogen) atoms. The van der Waals surface area contributed by atoms with Gasteiger partial charge in [-0.1, -0.05) is 0 Å². The van der Waals surface area contributed by atoms with Crippen LogP contribution in [0.25, 0.3) is 0 Å². The van der Waals surface area contributed by atoms with E-state index in [-0.39, 0.29) is 0 Å². The lowest BCUT2D eigenvalue weighted by atomic mass is 10.3. The normalized spacial score (nSPS) is 15.4. The molecule has 0 atom stereocenters. The van der Waals surface area contributed by atoms with E-state index in [1.165, 1.54) is 6.26 Å². The highest BCUT2D eigenvalue weighted by molar-refractivity contribution is 5.74. The smallest absolute Gasteiger partial charge is 0.316 e. The van der Waals surface area contributed by atoms with E-state index in [9.17, 15) is 4.79 Å². The zero-order valence-corrected chi connectivity index (χ0v) is 5.33. The van der Waals surface area contributed by atoms with Crippen LogP contribution in [0.4, 0.5) is 4.79 Å². The zero-order valence-electron chi connectivity index (χ0n) is 5.33. The molecule has 4 nitrogen and oxygen atoms in total. The summed E-state index contributed by atoms with van der Waals surface area (Å²) in [6, 6.07) is -0.558. The minimum absolute atomic E-state index is 0.478. The van der Waals surface area contributed by atoms with E-state index in [0.717, 1.165) is 0 Å². The summed E-state index contributed by atoms with van der Waals surface area (Å²) in [5.74, 6) is 0. The van der Waals surface area contributed by atoms with Crippen LogP contribution >= 0.6 is 0 Å². The Morgan fingerprint density at radius 2 is 2.60 bits per heavy atom. The number of ether oxygens (including phenoxy) is 1. The van der Waals surface area contributed by atoms with Crippen molar-refractivity contribution < 1.29 is 9.53 Å². The van der Waals surface area contributed by atoms with Gasteiger partial charge in [-0.25, -0.2) is 4.79 Å². The van der Waals surface area contributed by atoms with Gasteiger partial charge >= 0.3 is 6.03 Å². The van der Waals surface area contributed by atoms with Crippen LogP contribution in [0.2, 0.25) is 0 Å². The fourth-order valence-electron chi connectivity index (χ4n) is 0.618. The van der Waals surface area contributed by atoms with Crippen LogP contribution in [-0.4, -0.2) is 12.6 Å². The summed E-state index contributed by atoms with van der Waals surface area (Å²) in [4.78, 5) is 10.3. The third kappa shape index (κ3) is 1.81. The number of rotatable bonds is 1. The van der Waals surface area contributed by atoms with E-state index in [1.54, 1.807) is 12.2 Å². The molecule has 0 saturated carbocycles. The number of nitrogens with one attached hydrogen (secondary N) is 1. The van der Waals surface area contributed by atoms with Crippen molar-refractivity contribution in [2.45, 2.75) is 0 Å². The van der Waals surface area contributed by atoms with Gasteiger partial charge in [-0.15, -0.1) is 0 Å². The first-order valence-corrected chi connectivity index (χ1v) is 2.84. The summed E-state index contributed by atoms with van der Waals surface area (Å²) in [6.45, 7) is 0.478. The first-order chi connectivity index (χ1) is 4.79. The topological polar surface area (TPSA) is 64.4 Å². The maximum absolute atomic E-state index is 10.3. The van der Waals surface area contributed by atoms with Crippen molar-refractivity contribution >= 4 is 6.03 Å². The van der Waals surface area contributed by atoms with Crippen LogP contribution in [0.5, 0.6) is 0 Å². The van der Waals surface area contributed by atoms with Gasteiger partial charge in [0.05, 0.1) is 6.26 Å². The first kappa shape index (κ1) is 6.67. The summed E-state index contributed by atoms with van der Waals surface area (Å²) in [6.07, 6.45) is 4.87. The van der Waals surface area contributed by atoms with E-state index >= 15 is 0 Å². The Balaban J connectivity index is 2.48. The molecule has 2 amide bonds. The van der Waals surface area contributed by atoms with Crippen LogP contribution in [0, 0.1) is 0 Å². The van der Waals surface area contributed by atoms with E-state index in [2.05, 4.69) is 5.32 Å². The van der Waals surface area contributed by atoms with Crippen molar-refractivity contribution in [1.29, 1.82) is 0 Å². The molecule has 0 bridgehead atoms. The molecule has 0 radical (unpaired) electrons. The molecule has 0 saturated heterocycles. The van der Waals surface area contributed by atoms with Crippen molar-refractivity contribution in [3.8, 4) is 0 Å². The van der Waals surface area contributed by atoms with Crippen molar-refractivity contribution in [2.75, 3.05) is 6.61 Å². The van der Waals surface area contributed by atoms with Gasteiger partial charge < -0.3 is 15.8 Å². The highest BCUT2D eigenvalue weighted by Gasteiger charge is 1.97. The predicted octanol–water partition coefficient (Wildman–Crippen LogP) is 0.0825. The van der Waals surface area contributed by atoms with Crippen molar-refractivity contribution in [1.82, 2.24) is 5.32 Å². The number of hydrogen-bond donors (Lipinski definition) is 2. The lowest BCUT2D eigenvalue weighted by Crippen LogP contribution is -2.28. The Morgan fingerprint density at radius 3 is 3.10 bits per heavy atom. The quantitative estimate of drug-likeness (QED) is 0.541. The van der Waals surface area contributed by atoms with Gasteiger partial charge in [-0.05, 0) is 12.2 Å². The number of allylic oxidation sites excluding steroid dienone is 1. The maximum atomic E-state index is 10.3.